The van der Waals surface area contributed by atoms with Gasteiger partial charge in [-0.1, -0.05) is 0 Å². The highest BCUT2D eigenvalue weighted by atomic mass is 28.5. The minimum absolute atomic E-state index is 0.519. The lowest BCUT2D eigenvalue weighted by Gasteiger charge is -2.37. The molecule has 114 valence electrons. The van der Waals surface area contributed by atoms with Crippen LogP contribution in [0.25, 0.3) is 0 Å². The molecule has 19 heavy (non-hydrogen) atoms. The van der Waals surface area contributed by atoms with Gasteiger partial charge in [0.2, 0.25) is 0 Å². The third kappa shape index (κ3) is 8.64. The lowest BCUT2D eigenvalue weighted by atomic mass is 10.4. The molecule has 0 N–H and O–H groups in total. The van der Waals surface area contributed by atoms with Crippen molar-refractivity contribution in [1.29, 1.82) is 0 Å². The minimum atomic E-state index is -2.73. The Labute approximate surface area is 121 Å². The van der Waals surface area contributed by atoms with Gasteiger partial charge in [-0.25, -0.2) is 0 Å². The van der Waals surface area contributed by atoms with Gasteiger partial charge in [0.25, 0.3) is 5.95 Å². The normalized spacial score (nSPS) is 13.2. The molecular weight excluding hydrogens is 292 g/mol. The van der Waals surface area contributed by atoms with Crippen LogP contribution >= 0.6 is 0 Å². The second-order valence-electron chi connectivity index (χ2n) is 6.88. The zero-order valence-electron chi connectivity index (χ0n) is 14.1. The van der Waals surface area contributed by atoms with Crippen LogP contribution in [0.3, 0.4) is 0 Å². The molecule has 0 unspecified atom stereocenters. The molecule has 0 amide bonds. The molecule has 4 nitrogen and oxygen atoms in total. The maximum atomic E-state index is 6.24. The van der Waals surface area contributed by atoms with E-state index in [4.69, 9.17) is 17.4 Å². The van der Waals surface area contributed by atoms with Crippen molar-refractivity contribution in [2.45, 2.75) is 59.7 Å². The Morgan fingerprint density at radius 2 is 1.11 bits per heavy atom. The summed E-state index contributed by atoms with van der Waals surface area (Å²) in [6, 6.07) is 0. The predicted molar refractivity (Wildman–Crippen MR) is 86.9 cm³/mol. The van der Waals surface area contributed by atoms with Crippen LogP contribution in [0.1, 0.15) is 13.8 Å². The topological polar surface area (TPSA) is 36.9 Å². The third-order valence-corrected chi connectivity index (χ3v) is 10.3. The van der Waals surface area contributed by atoms with Crippen LogP contribution in [0, 0.1) is 0 Å². The zero-order chi connectivity index (χ0) is 15.5. The molecule has 0 radical (unpaired) electrons. The molecule has 0 aromatic rings. The van der Waals surface area contributed by atoms with Gasteiger partial charge >= 0.3 is 8.80 Å². The summed E-state index contributed by atoms with van der Waals surface area (Å²) in [5, 5.41) is 0. The Bertz CT molecular complexity index is 309. The molecule has 0 aliphatic heterocycles. The van der Waals surface area contributed by atoms with E-state index in [0.29, 0.717) is 5.95 Å². The molecule has 0 saturated heterocycles. The number of rotatable bonds is 7. The fraction of sp³-hybridized carbons (Fsp3) is 0.833. The van der Waals surface area contributed by atoms with E-state index >= 15 is 0 Å². The molecule has 0 atom stereocenters. The summed E-state index contributed by atoms with van der Waals surface area (Å²) in [6.45, 7) is 18.7. The number of hydrogen-bond acceptors (Lipinski definition) is 4. The van der Waals surface area contributed by atoms with Gasteiger partial charge in [0.05, 0.1) is 7.11 Å². The maximum absolute atomic E-state index is 6.24. The van der Waals surface area contributed by atoms with Crippen LogP contribution in [0.2, 0.25) is 45.8 Å². The molecular formula is C12H30O4Si3. The standard InChI is InChI=1S/C12H30O4Si3/c1-11(2)12(13-3)14-19(10,15-17(4,5)6)16-18(7,8)9/h1-10H3. The van der Waals surface area contributed by atoms with Crippen molar-refractivity contribution < 1.29 is 17.4 Å². The van der Waals surface area contributed by atoms with E-state index < -0.39 is 25.4 Å². The SMILES string of the molecule is COC(O[Si](C)(O[Si](C)(C)C)O[Si](C)(C)C)=C(C)C. The first-order chi connectivity index (χ1) is 8.28. The van der Waals surface area contributed by atoms with Gasteiger partial charge in [-0.05, 0) is 53.1 Å². The summed E-state index contributed by atoms with van der Waals surface area (Å²) in [5.41, 5.74) is 0.986. The largest absolute Gasteiger partial charge is 0.543 e. The average molecular weight is 323 g/mol. The summed E-state index contributed by atoms with van der Waals surface area (Å²) in [4.78, 5) is 0. The third-order valence-electron chi connectivity index (χ3n) is 1.85. The van der Waals surface area contributed by atoms with E-state index in [1.807, 2.05) is 20.4 Å². The first-order valence-electron chi connectivity index (χ1n) is 6.59. The number of hydrogen-bond donors (Lipinski definition) is 0. The van der Waals surface area contributed by atoms with Crippen LogP contribution in [0.4, 0.5) is 0 Å². The minimum Gasteiger partial charge on any atom is -0.474 e. The van der Waals surface area contributed by atoms with Crippen molar-refractivity contribution in [3.63, 3.8) is 0 Å². The zero-order valence-corrected chi connectivity index (χ0v) is 17.1. The molecule has 0 spiro atoms. The quantitative estimate of drug-likeness (QED) is 0.520. The van der Waals surface area contributed by atoms with Crippen molar-refractivity contribution in [2.24, 2.45) is 0 Å². The monoisotopic (exact) mass is 322 g/mol. The summed E-state index contributed by atoms with van der Waals surface area (Å²) >= 11 is 0. The lowest BCUT2D eigenvalue weighted by Crippen LogP contribution is -2.54. The highest BCUT2D eigenvalue weighted by Gasteiger charge is 2.45. The Morgan fingerprint density at radius 1 is 0.737 bits per heavy atom. The van der Waals surface area contributed by atoms with E-state index in [9.17, 15) is 0 Å². The Kier molecular flexibility index (Phi) is 6.54. The van der Waals surface area contributed by atoms with Gasteiger partial charge in [-0.3, -0.25) is 0 Å². The second-order valence-corrected chi connectivity index (χ2v) is 18.9. The second kappa shape index (κ2) is 6.57. The fourth-order valence-electron chi connectivity index (χ4n) is 1.69. The number of allylic oxidation sites excluding steroid dienone is 1. The van der Waals surface area contributed by atoms with Gasteiger partial charge < -0.3 is 17.4 Å². The van der Waals surface area contributed by atoms with E-state index in [-0.39, 0.29) is 0 Å². The Hall–Kier alpha value is -0.0894. The molecule has 0 fully saturated rings. The maximum Gasteiger partial charge on any atom is 0.543 e. The lowest BCUT2D eigenvalue weighted by molar-refractivity contribution is 0.0932. The van der Waals surface area contributed by atoms with E-state index in [1.54, 1.807) is 7.11 Å². The molecule has 7 heteroatoms. The number of methoxy groups -OCH3 is 1. The van der Waals surface area contributed by atoms with E-state index in [1.165, 1.54) is 0 Å². The van der Waals surface area contributed by atoms with Gasteiger partial charge in [-0.15, -0.1) is 0 Å². The molecule has 0 aromatic heterocycles. The van der Waals surface area contributed by atoms with Crippen LogP contribution in [-0.4, -0.2) is 32.5 Å². The number of ether oxygens (including phenoxy) is 1. The van der Waals surface area contributed by atoms with Gasteiger partial charge in [0, 0.05) is 12.1 Å². The van der Waals surface area contributed by atoms with Crippen molar-refractivity contribution in [1.82, 2.24) is 0 Å². The van der Waals surface area contributed by atoms with Crippen LogP contribution < -0.4 is 0 Å². The van der Waals surface area contributed by atoms with Crippen LogP contribution in [0.15, 0.2) is 11.5 Å². The molecule has 0 heterocycles. The van der Waals surface area contributed by atoms with Crippen LogP contribution in [-0.2, 0) is 17.4 Å². The molecule has 0 aromatic carbocycles. The molecule has 0 saturated carbocycles. The smallest absolute Gasteiger partial charge is 0.474 e. The molecule has 0 rings (SSSR count). The summed E-state index contributed by atoms with van der Waals surface area (Å²) in [5.74, 6) is 0.519. The van der Waals surface area contributed by atoms with Crippen molar-refractivity contribution in [3.8, 4) is 0 Å². The van der Waals surface area contributed by atoms with E-state index in [2.05, 4.69) is 39.3 Å². The average Bonchev–Trinajstić information content (AvgIpc) is 2.06. The summed E-state index contributed by atoms with van der Waals surface area (Å²) in [6.07, 6.45) is 0. The predicted octanol–water partition coefficient (Wildman–Crippen LogP) is 4.17. The first-order valence-corrected chi connectivity index (χ1v) is 15.6. The highest BCUT2D eigenvalue weighted by Crippen LogP contribution is 2.25. The van der Waals surface area contributed by atoms with E-state index in [0.717, 1.165) is 5.57 Å². The fourth-order valence-corrected chi connectivity index (χ4v) is 12.1. The van der Waals surface area contributed by atoms with Gasteiger partial charge in [0.15, 0.2) is 16.6 Å². The molecule has 0 aliphatic rings. The van der Waals surface area contributed by atoms with Gasteiger partial charge in [-0.2, -0.15) is 0 Å². The Balaban J connectivity index is 5.23. The highest BCUT2D eigenvalue weighted by molar-refractivity contribution is 6.85. The van der Waals surface area contributed by atoms with Crippen molar-refractivity contribution in [2.75, 3.05) is 7.11 Å². The first kappa shape index (κ1) is 18.9. The summed E-state index contributed by atoms with van der Waals surface area (Å²) in [7, 11) is -4.62. The van der Waals surface area contributed by atoms with Crippen molar-refractivity contribution >= 4 is 25.4 Å². The van der Waals surface area contributed by atoms with Gasteiger partial charge in [0.1, 0.15) is 0 Å². The summed E-state index contributed by atoms with van der Waals surface area (Å²) < 4.78 is 23.8. The Morgan fingerprint density at radius 3 is 1.32 bits per heavy atom. The molecule has 0 aliphatic carbocycles. The molecule has 0 bridgehead atoms. The van der Waals surface area contributed by atoms with Crippen LogP contribution in [0.5, 0.6) is 0 Å². The van der Waals surface area contributed by atoms with Crippen molar-refractivity contribution in [3.05, 3.63) is 11.5 Å².